The molecular formula is C11H13BrClNO2S. The number of halogens is 2. The normalized spacial score (nSPS) is 11.2. The summed E-state index contributed by atoms with van der Waals surface area (Å²) in [4.78, 5) is 12.2. The maximum atomic E-state index is 11.6. The summed E-state index contributed by atoms with van der Waals surface area (Å²) in [6.45, 7) is 5.37. The summed E-state index contributed by atoms with van der Waals surface area (Å²) in [5.41, 5.74) is -0.127. The third kappa shape index (κ3) is 4.41. The highest BCUT2D eigenvalue weighted by Gasteiger charge is 2.18. The van der Waals surface area contributed by atoms with Crippen molar-refractivity contribution in [2.45, 2.75) is 31.3 Å². The third-order valence-electron chi connectivity index (χ3n) is 1.70. The van der Waals surface area contributed by atoms with Gasteiger partial charge in [-0.15, -0.1) is 12.6 Å². The van der Waals surface area contributed by atoms with Crippen LogP contribution in [0, 0.1) is 0 Å². The minimum Gasteiger partial charge on any atom is -0.444 e. The molecule has 0 saturated carbocycles. The Bertz CT molecular complexity index is 446. The average Bonchev–Trinajstić information content (AvgIpc) is 2.16. The second kappa shape index (κ2) is 5.50. The molecule has 94 valence electrons. The SMILES string of the molecule is CC(C)(C)OC(=O)Nc1c(Cl)ccc(Br)c1S. The van der Waals surface area contributed by atoms with E-state index in [0.29, 0.717) is 15.6 Å². The molecule has 0 aliphatic heterocycles. The molecule has 6 heteroatoms. The highest BCUT2D eigenvalue weighted by molar-refractivity contribution is 9.10. The number of rotatable bonds is 1. The van der Waals surface area contributed by atoms with Crippen LogP contribution in [0.3, 0.4) is 0 Å². The van der Waals surface area contributed by atoms with Crippen LogP contribution in [0.5, 0.6) is 0 Å². The van der Waals surface area contributed by atoms with Crippen LogP contribution in [-0.4, -0.2) is 11.7 Å². The van der Waals surface area contributed by atoms with E-state index < -0.39 is 11.7 Å². The van der Waals surface area contributed by atoms with Crippen molar-refractivity contribution >= 4 is 51.9 Å². The van der Waals surface area contributed by atoms with Crippen LogP contribution in [0.1, 0.15) is 20.8 Å². The van der Waals surface area contributed by atoms with Crippen molar-refractivity contribution in [1.29, 1.82) is 0 Å². The number of carbonyl (C=O) groups is 1. The fraction of sp³-hybridized carbons (Fsp3) is 0.364. The van der Waals surface area contributed by atoms with E-state index in [1.54, 1.807) is 32.9 Å². The molecule has 17 heavy (non-hydrogen) atoms. The molecule has 0 radical (unpaired) electrons. The predicted octanol–water partition coefficient (Wildman–Crippen LogP) is 4.74. The Morgan fingerprint density at radius 3 is 2.59 bits per heavy atom. The quantitative estimate of drug-likeness (QED) is 0.726. The van der Waals surface area contributed by atoms with Gasteiger partial charge in [-0.05, 0) is 48.8 Å². The van der Waals surface area contributed by atoms with Gasteiger partial charge in [-0.25, -0.2) is 4.79 Å². The van der Waals surface area contributed by atoms with Crippen LogP contribution in [0.4, 0.5) is 10.5 Å². The molecule has 1 rings (SSSR count). The maximum Gasteiger partial charge on any atom is 0.412 e. The van der Waals surface area contributed by atoms with E-state index in [1.807, 2.05) is 0 Å². The first-order chi connectivity index (χ1) is 7.70. The van der Waals surface area contributed by atoms with Gasteiger partial charge in [0.15, 0.2) is 0 Å². The molecule has 0 aromatic heterocycles. The molecule has 0 unspecified atom stereocenters. The van der Waals surface area contributed by atoms with Gasteiger partial charge in [0.25, 0.3) is 0 Å². The number of nitrogens with one attached hydrogen (secondary N) is 1. The van der Waals surface area contributed by atoms with Crippen LogP contribution in [-0.2, 0) is 4.74 Å². The van der Waals surface area contributed by atoms with Crippen molar-refractivity contribution in [2.75, 3.05) is 5.32 Å². The Morgan fingerprint density at radius 2 is 2.06 bits per heavy atom. The van der Waals surface area contributed by atoms with Gasteiger partial charge < -0.3 is 4.74 Å². The molecule has 0 spiro atoms. The zero-order valence-corrected chi connectivity index (χ0v) is 12.9. The van der Waals surface area contributed by atoms with Crippen molar-refractivity contribution in [2.24, 2.45) is 0 Å². The number of hydrogen-bond acceptors (Lipinski definition) is 3. The number of benzene rings is 1. The fourth-order valence-electron chi connectivity index (χ4n) is 1.07. The van der Waals surface area contributed by atoms with Crippen LogP contribution >= 0.6 is 40.2 Å². The molecule has 0 fully saturated rings. The molecule has 0 aliphatic carbocycles. The van der Waals surface area contributed by atoms with Crippen molar-refractivity contribution in [3.05, 3.63) is 21.6 Å². The maximum absolute atomic E-state index is 11.6. The molecule has 1 aromatic carbocycles. The Labute approximate surface area is 119 Å². The lowest BCUT2D eigenvalue weighted by Crippen LogP contribution is -2.27. The summed E-state index contributed by atoms with van der Waals surface area (Å²) in [6, 6.07) is 3.42. The van der Waals surface area contributed by atoms with Crippen LogP contribution in [0.2, 0.25) is 5.02 Å². The van der Waals surface area contributed by atoms with E-state index in [0.717, 1.165) is 4.47 Å². The highest BCUT2D eigenvalue weighted by atomic mass is 79.9. The summed E-state index contributed by atoms with van der Waals surface area (Å²) in [7, 11) is 0. The smallest absolute Gasteiger partial charge is 0.412 e. The highest BCUT2D eigenvalue weighted by Crippen LogP contribution is 2.34. The van der Waals surface area contributed by atoms with Crippen molar-refractivity contribution in [1.82, 2.24) is 0 Å². The van der Waals surface area contributed by atoms with E-state index >= 15 is 0 Å². The molecule has 1 amide bonds. The monoisotopic (exact) mass is 337 g/mol. The second-order valence-electron chi connectivity index (χ2n) is 4.38. The Hall–Kier alpha value is -0.390. The zero-order valence-electron chi connectivity index (χ0n) is 9.67. The fourth-order valence-corrected chi connectivity index (χ4v) is 1.92. The number of carbonyl (C=O) groups excluding carboxylic acids is 1. The first-order valence-corrected chi connectivity index (χ1v) is 6.49. The van der Waals surface area contributed by atoms with E-state index in [4.69, 9.17) is 16.3 Å². The standard InChI is InChI=1S/C11H13BrClNO2S/c1-11(2,3)16-10(15)14-8-7(13)5-4-6(12)9(8)17/h4-5,17H,1-3H3,(H,14,15). The van der Waals surface area contributed by atoms with E-state index in [-0.39, 0.29) is 0 Å². The first kappa shape index (κ1) is 14.7. The summed E-state index contributed by atoms with van der Waals surface area (Å²) in [5.74, 6) is 0. The zero-order chi connectivity index (χ0) is 13.2. The summed E-state index contributed by atoms with van der Waals surface area (Å²) >= 11 is 13.5. The van der Waals surface area contributed by atoms with Gasteiger partial charge in [0.05, 0.1) is 10.7 Å². The molecule has 1 aromatic rings. The summed E-state index contributed by atoms with van der Waals surface area (Å²) in [6.07, 6.45) is -0.562. The van der Waals surface area contributed by atoms with Crippen LogP contribution in [0.15, 0.2) is 21.5 Å². The van der Waals surface area contributed by atoms with Crippen LogP contribution < -0.4 is 5.32 Å². The van der Waals surface area contributed by atoms with Gasteiger partial charge in [-0.3, -0.25) is 5.32 Å². The van der Waals surface area contributed by atoms with Gasteiger partial charge in [-0.2, -0.15) is 0 Å². The van der Waals surface area contributed by atoms with Gasteiger partial charge in [0, 0.05) is 9.37 Å². The molecule has 1 N–H and O–H groups in total. The number of anilines is 1. The Balaban J connectivity index is 2.89. The third-order valence-corrected chi connectivity index (χ3v) is 3.45. The van der Waals surface area contributed by atoms with Crippen molar-refractivity contribution in [3.8, 4) is 0 Å². The summed E-state index contributed by atoms with van der Waals surface area (Å²) in [5, 5.41) is 2.98. The lowest BCUT2D eigenvalue weighted by molar-refractivity contribution is 0.0635. The molecule has 0 saturated heterocycles. The minimum atomic E-state index is -0.562. The number of amides is 1. The van der Waals surface area contributed by atoms with E-state index in [1.165, 1.54) is 0 Å². The molecule has 0 bridgehead atoms. The number of ether oxygens (including phenoxy) is 1. The van der Waals surface area contributed by atoms with Crippen molar-refractivity contribution < 1.29 is 9.53 Å². The van der Waals surface area contributed by atoms with E-state index in [2.05, 4.69) is 33.9 Å². The van der Waals surface area contributed by atoms with Gasteiger partial charge in [0.2, 0.25) is 0 Å². The topological polar surface area (TPSA) is 38.3 Å². The van der Waals surface area contributed by atoms with Crippen LogP contribution in [0.25, 0.3) is 0 Å². The Kier molecular flexibility index (Phi) is 4.75. The molecule has 3 nitrogen and oxygen atoms in total. The lowest BCUT2D eigenvalue weighted by Gasteiger charge is -2.20. The van der Waals surface area contributed by atoms with Crippen molar-refractivity contribution in [3.63, 3.8) is 0 Å². The largest absolute Gasteiger partial charge is 0.444 e. The van der Waals surface area contributed by atoms with Gasteiger partial charge in [-0.1, -0.05) is 11.6 Å². The molecule has 0 atom stereocenters. The summed E-state index contributed by atoms with van der Waals surface area (Å²) < 4.78 is 5.88. The molecule has 0 heterocycles. The second-order valence-corrected chi connectivity index (χ2v) is 6.09. The molecule has 0 aliphatic rings. The van der Waals surface area contributed by atoms with Gasteiger partial charge >= 0.3 is 6.09 Å². The average molecular weight is 339 g/mol. The Morgan fingerprint density at radius 1 is 1.47 bits per heavy atom. The lowest BCUT2D eigenvalue weighted by atomic mass is 10.2. The predicted molar refractivity (Wildman–Crippen MR) is 76.3 cm³/mol. The minimum absolute atomic E-state index is 0.407. The van der Waals surface area contributed by atoms with Gasteiger partial charge in [0.1, 0.15) is 5.60 Å². The number of thiol groups is 1. The number of hydrogen-bond donors (Lipinski definition) is 2. The first-order valence-electron chi connectivity index (χ1n) is 4.87. The van der Waals surface area contributed by atoms with E-state index in [9.17, 15) is 4.79 Å². The molecular weight excluding hydrogens is 326 g/mol.